The molecule has 5 unspecified atom stereocenters. The third-order valence-electron chi connectivity index (χ3n) is 5.18. The number of ether oxygens (including phenoxy) is 5. The van der Waals surface area contributed by atoms with Crippen LogP contribution in [0.25, 0.3) is 0 Å². The molecule has 0 bridgehead atoms. The van der Waals surface area contributed by atoms with E-state index in [1.165, 1.54) is 32.4 Å². The normalized spacial score (nSPS) is 23.8. The van der Waals surface area contributed by atoms with Crippen molar-refractivity contribution in [2.75, 3.05) is 20.8 Å². The minimum atomic E-state index is -4.93. The zero-order valence-electron chi connectivity index (χ0n) is 19.2. The predicted molar refractivity (Wildman–Crippen MR) is 119 cm³/mol. The summed E-state index contributed by atoms with van der Waals surface area (Å²) in [5.41, 5.74) is -0.448. The highest BCUT2D eigenvalue weighted by Crippen LogP contribution is 2.37. The first-order valence-electron chi connectivity index (χ1n) is 10.3. The average Bonchev–Trinajstić information content (AvgIpc) is 2.84. The Kier molecular flexibility index (Phi) is 8.52. The Morgan fingerprint density at radius 1 is 0.973 bits per heavy atom. The fourth-order valence-electron chi connectivity index (χ4n) is 3.35. The van der Waals surface area contributed by atoms with Crippen LogP contribution in [0.4, 0.5) is 0 Å². The largest absolute Gasteiger partial charge is 0.504 e. The molecule has 1 saturated heterocycles. The van der Waals surface area contributed by atoms with E-state index in [4.69, 9.17) is 28.2 Å². The molecule has 0 saturated carbocycles. The molecule has 1 fully saturated rings. The van der Waals surface area contributed by atoms with Crippen molar-refractivity contribution in [2.24, 2.45) is 0 Å². The molecule has 37 heavy (non-hydrogen) atoms. The van der Waals surface area contributed by atoms with Gasteiger partial charge in [-0.2, -0.15) is 8.42 Å². The molecule has 2 aromatic carbocycles. The van der Waals surface area contributed by atoms with E-state index in [2.05, 4.69) is 4.18 Å². The lowest BCUT2D eigenvalue weighted by Gasteiger charge is -2.41. The molecular weight excluding hydrogens is 524 g/mol. The van der Waals surface area contributed by atoms with E-state index in [0.29, 0.717) is 5.75 Å². The second kappa shape index (κ2) is 11.2. The monoisotopic (exact) mass is 548 g/mol. The summed E-state index contributed by atoms with van der Waals surface area (Å²) in [5.74, 6) is -3.19. The standard InChI is InChI=1S/C21H24O15S/c1-31-13-4-3-10(7-14(13)32-2)34-21-19(18(26)17(25)15(35-21)8-33-37(28,29)30)36-20(27)9-5-11(22)16(24)12(23)6-9/h3-7,15,17-19,21-26H,8H2,1-2H3,(H,28,29,30). The Balaban J connectivity index is 1.91. The Labute approximate surface area is 209 Å². The molecule has 6 N–H and O–H groups in total. The second-order valence-electron chi connectivity index (χ2n) is 7.60. The number of esters is 1. The van der Waals surface area contributed by atoms with Crippen LogP contribution in [-0.2, 0) is 24.1 Å². The summed E-state index contributed by atoms with van der Waals surface area (Å²) in [6.07, 6.45) is -8.90. The molecular formula is C21H24O15S. The molecule has 0 aromatic heterocycles. The van der Waals surface area contributed by atoms with Crippen LogP contribution < -0.4 is 14.2 Å². The Morgan fingerprint density at radius 3 is 2.16 bits per heavy atom. The Hall–Kier alpha value is -3.54. The van der Waals surface area contributed by atoms with Crippen molar-refractivity contribution < 1.29 is 71.2 Å². The topological polar surface area (TPSA) is 228 Å². The molecule has 1 aliphatic heterocycles. The van der Waals surface area contributed by atoms with Crippen molar-refractivity contribution in [1.29, 1.82) is 0 Å². The van der Waals surface area contributed by atoms with Gasteiger partial charge in [0.15, 0.2) is 34.9 Å². The minimum absolute atomic E-state index is 0.0432. The maximum atomic E-state index is 12.7. The van der Waals surface area contributed by atoms with E-state index >= 15 is 0 Å². The van der Waals surface area contributed by atoms with Gasteiger partial charge < -0.3 is 49.2 Å². The van der Waals surface area contributed by atoms with Crippen LogP contribution in [0.15, 0.2) is 30.3 Å². The van der Waals surface area contributed by atoms with E-state index < -0.39 is 76.5 Å². The van der Waals surface area contributed by atoms with Crippen molar-refractivity contribution in [3.8, 4) is 34.5 Å². The van der Waals surface area contributed by atoms with Gasteiger partial charge in [0.2, 0.25) is 6.29 Å². The van der Waals surface area contributed by atoms with Gasteiger partial charge in [-0.05, 0) is 24.3 Å². The third-order valence-corrected chi connectivity index (χ3v) is 5.62. The van der Waals surface area contributed by atoms with Gasteiger partial charge in [-0.25, -0.2) is 8.98 Å². The average molecular weight is 548 g/mol. The molecule has 2 aromatic rings. The van der Waals surface area contributed by atoms with Gasteiger partial charge in [0.1, 0.15) is 24.1 Å². The molecule has 0 aliphatic carbocycles. The molecule has 204 valence electrons. The number of hydrogen-bond acceptors (Lipinski definition) is 14. The first-order chi connectivity index (χ1) is 17.3. The van der Waals surface area contributed by atoms with Crippen molar-refractivity contribution in [1.82, 2.24) is 0 Å². The lowest BCUT2D eigenvalue weighted by molar-refractivity contribution is -0.275. The van der Waals surface area contributed by atoms with Crippen LogP contribution in [-0.4, -0.2) is 96.0 Å². The number of carbonyl (C=O) groups excluding carboxylic acids is 1. The number of hydrogen-bond donors (Lipinski definition) is 6. The summed E-state index contributed by atoms with van der Waals surface area (Å²) in [5, 5.41) is 49.9. The zero-order valence-corrected chi connectivity index (χ0v) is 20.1. The van der Waals surface area contributed by atoms with Gasteiger partial charge in [0, 0.05) is 6.07 Å². The Bertz CT molecular complexity index is 1210. The number of methoxy groups -OCH3 is 2. The van der Waals surface area contributed by atoms with Gasteiger partial charge >= 0.3 is 16.4 Å². The number of aliphatic hydroxyl groups excluding tert-OH is 2. The number of aromatic hydroxyl groups is 3. The molecule has 1 aliphatic rings. The quantitative estimate of drug-likeness (QED) is 0.134. The van der Waals surface area contributed by atoms with E-state index in [1.54, 1.807) is 0 Å². The van der Waals surface area contributed by atoms with Gasteiger partial charge in [-0.15, -0.1) is 0 Å². The van der Waals surface area contributed by atoms with Gasteiger partial charge in [-0.3, -0.25) is 4.55 Å². The van der Waals surface area contributed by atoms with E-state index in [1.807, 2.05) is 0 Å². The van der Waals surface area contributed by atoms with Crippen molar-refractivity contribution in [3.63, 3.8) is 0 Å². The number of phenolic OH excluding ortho intramolecular Hbond substituents is 3. The second-order valence-corrected chi connectivity index (χ2v) is 8.70. The van der Waals surface area contributed by atoms with Crippen LogP contribution in [0.2, 0.25) is 0 Å². The van der Waals surface area contributed by atoms with Crippen LogP contribution in [0, 0.1) is 0 Å². The molecule has 1 heterocycles. The summed E-state index contributed by atoms with van der Waals surface area (Å²) in [6, 6.07) is 5.77. The van der Waals surface area contributed by atoms with Crippen molar-refractivity contribution in [3.05, 3.63) is 35.9 Å². The molecule has 3 rings (SSSR count). The SMILES string of the molecule is COc1ccc(OC2OC(COS(=O)(=O)O)C(O)C(O)C2OC(=O)c2cc(O)c(O)c(O)c2)cc1OC. The number of carbonyl (C=O) groups is 1. The summed E-state index contributed by atoms with van der Waals surface area (Å²) < 4.78 is 61.7. The molecule has 0 radical (unpaired) electrons. The summed E-state index contributed by atoms with van der Waals surface area (Å²) in [4.78, 5) is 12.7. The number of benzene rings is 2. The van der Waals surface area contributed by atoms with E-state index in [-0.39, 0.29) is 11.5 Å². The number of phenols is 3. The van der Waals surface area contributed by atoms with Crippen LogP contribution >= 0.6 is 0 Å². The maximum absolute atomic E-state index is 12.7. The molecule has 16 heteroatoms. The van der Waals surface area contributed by atoms with Crippen LogP contribution in [0.1, 0.15) is 10.4 Å². The molecule has 0 amide bonds. The zero-order chi connectivity index (χ0) is 27.5. The van der Waals surface area contributed by atoms with Gasteiger partial charge in [-0.1, -0.05) is 0 Å². The molecule has 0 spiro atoms. The lowest BCUT2D eigenvalue weighted by atomic mass is 9.99. The number of rotatable bonds is 9. The fraction of sp³-hybridized carbons (Fsp3) is 0.381. The van der Waals surface area contributed by atoms with Crippen molar-refractivity contribution in [2.45, 2.75) is 30.7 Å². The minimum Gasteiger partial charge on any atom is -0.504 e. The molecule has 15 nitrogen and oxygen atoms in total. The highest BCUT2D eigenvalue weighted by Gasteiger charge is 2.48. The highest BCUT2D eigenvalue weighted by atomic mass is 32.3. The first-order valence-corrected chi connectivity index (χ1v) is 11.7. The summed E-state index contributed by atoms with van der Waals surface area (Å²) in [6.45, 7) is -0.941. The third kappa shape index (κ3) is 6.62. The van der Waals surface area contributed by atoms with Crippen molar-refractivity contribution >= 4 is 16.4 Å². The van der Waals surface area contributed by atoms with Gasteiger partial charge in [0.05, 0.1) is 26.4 Å². The summed E-state index contributed by atoms with van der Waals surface area (Å²) >= 11 is 0. The van der Waals surface area contributed by atoms with Gasteiger partial charge in [0.25, 0.3) is 0 Å². The van der Waals surface area contributed by atoms with E-state index in [0.717, 1.165) is 12.1 Å². The van der Waals surface area contributed by atoms with Crippen LogP contribution in [0.5, 0.6) is 34.5 Å². The predicted octanol–water partition coefficient (Wildman–Crippen LogP) is -0.309. The fourth-order valence-corrected chi connectivity index (χ4v) is 3.66. The smallest absolute Gasteiger partial charge is 0.397 e. The molecule has 5 atom stereocenters. The Morgan fingerprint density at radius 2 is 1.59 bits per heavy atom. The number of aliphatic hydroxyl groups is 2. The van der Waals surface area contributed by atoms with Crippen LogP contribution in [0.3, 0.4) is 0 Å². The lowest BCUT2D eigenvalue weighted by Crippen LogP contribution is -2.61. The maximum Gasteiger partial charge on any atom is 0.397 e. The summed E-state index contributed by atoms with van der Waals surface area (Å²) in [7, 11) is -2.18. The van der Waals surface area contributed by atoms with E-state index in [9.17, 15) is 38.7 Å². The first kappa shape index (κ1) is 28.0. The highest BCUT2D eigenvalue weighted by molar-refractivity contribution is 7.80.